The van der Waals surface area contributed by atoms with E-state index in [4.69, 9.17) is 0 Å². The molecule has 0 aromatic rings. The number of dihydropyridines is 1. The number of likely N-dealkylation sites (N-methyl/N-ethyl adjacent to an activating group) is 1. The van der Waals surface area contributed by atoms with Crippen LogP contribution in [0.1, 0.15) is 0 Å². The van der Waals surface area contributed by atoms with Crippen molar-refractivity contribution in [2.24, 2.45) is 0 Å². The highest BCUT2D eigenvalue weighted by Gasteiger charge is 2.26. The molecule has 0 saturated carbocycles. The third-order valence-corrected chi connectivity index (χ3v) is 2.63. The molecule has 2 aliphatic rings. The van der Waals surface area contributed by atoms with Gasteiger partial charge in [0.15, 0.2) is 5.78 Å². The summed E-state index contributed by atoms with van der Waals surface area (Å²) >= 11 is 0. The Morgan fingerprint density at radius 1 is 1.60 bits per heavy atom. The van der Waals surface area contributed by atoms with Crippen molar-refractivity contribution in [3.63, 3.8) is 0 Å². The van der Waals surface area contributed by atoms with E-state index in [0.717, 1.165) is 12.1 Å². The van der Waals surface area contributed by atoms with Gasteiger partial charge in [0.05, 0.1) is 0 Å². The van der Waals surface area contributed by atoms with E-state index < -0.39 is 0 Å². The zero-order valence-electron chi connectivity index (χ0n) is 8.73. The van der Waals surface area contributed by atoms with Gasteiger partial charge >= 0.3 is 0 Å². The van der Waals surface area contributed by atoms with Gasteiger partial charge in [-0.05, 0) is 19.3 Å². The van der Waals surface area contributed by atoms with Gasteiger partial charge in [0.1, 0.15) is 6.17 Å². The van der Waals surface area contributed by atoms with Gasteiger partial charge in [-0.25, -0.2) is 0 Å². The summed E-state index contributed by atoms with van der Waals surface area (Å²) in [5.41, 5.74) is 1.31. The molecule has 0 aromatic heterocycles. The molecule has 0 saturated heterocycles. The quantitative estimate of drug-likeness (QED) is 0.594. The lowest BCUT2D eigenvalue weighted by Gasteiger charge is -2.31. The second kappa shape index (κ2) is 3.87. The molecule has 0 amide bonds. The van der Waals surface area contributed by atoms with E-state index in [1.54, 1.807) is 6.08 Å². The van der Waals surface area contributed by atoms with Crippen LogP contribution in [0.5, 0.6) is 0 Å². The molecule has 1 atom stereocenters. The van der Waals surface area contributed by atoms with E-state index in [9.17, 15) is 4.79 Å². The number of fused-ring (bicyclic) bond motifs is 1. The molecule has 15 heavy (non-hydrogen) atoms. The summed E-state index contributed by atoms with van der Waals surface area (Å²) < 4.78 is 0. The molecular formula is C12H14N2O. The maximum atomic E-state index is 12.0. The van der Waals surface area contributed by atoms with Crippen molar-refractivity contribution in [1.29, 1.82) is 0 Å². The van der Waals surface area contributed by atoms with Crippen LogP contribution in [-0.4, -0.2) is 30.4 Å². The van der Waals surface area contributed by atoms with Crippen LogP contribution >= 0.6 is 0 Å². The molecule has 3 nitrogen and oxygen atoms in total. The van der Waals surface area contributed by atoms with Crippen LogP contribution in [0.15, 0.2) is 48.2 Å². The van der Waals surface area contributed by atoms with Gasteiger partial charge in [-0.2, -0.15) is 0 Å². The van der Waals surface area contributed by atoms with E-state index in [-0.39, 0.29) is 11.9 Å². The smallest absolute Gasteiger partial charge is 0.191 e. The second-order valence-corrected chi connectivity index (χ2v) is 3.75. The molecule has 3 heteroatoms. The van der Waals surface area contributed by atoms with Crippen molar-refractivity contribution in [3.05, 3.63) is 48.2 Å². The molecule has 0 aromatic carbocycles. The molecule has 0 radical (unpaired) electrons. The number of carbonyl (C=O) groups is 1. The highest BCUT2D eigenvalue weighted by Crippen LogP contribution is 2.18. The van der Waals surface area contributed by atoms with Gasteiger partial charge in [-0.1, -0.05) is 24.8 Å². The number of hydrogen-bond acceptors (Lipinski definition) is 3. The van der Waals surface area contributed by atoms with Gasteiger partial charge < -0.3 is 5.32 Å². The van der Waals surface area contributed by atoms with Crippen LogP contribution in [-0.2, 0) is 4.79 Å². The van der Waals surface area contributed by atoms with Gasteiger partial charge in [-0.3, -0.25) is 9.69 Å². The minimum absolute atomic E-state index is 0.0136. The van der Waals surface area contributed by atoms with E-state index in [2.05, 4.69) is 16.8 Å². The summed E-state index contributed by atoms with van der Waals surface area (Å²) in [6.07, 6.45) is 9.25. The predicted octanol–water partition coefficient (Wildman–Crippen LogP) is 0.983. The number of ketones is 1. The Balaban J connectivity index is 2.40. The number of nitrogens with one attached hydrogen (secondary N) is 1. The molecule has 0 bridgehead atoms. The van der Waals surface area contributed by atoms with Gasteiger partial charge in [0.25, 0.3) is 0 Å². The Morgan fingerprint density at radius 2 is 2.40 bits per heavy atom. The Labute approximate surface area is 89.5 Å². The first kappa shape index (κ1) is 9.93. The van der Waals surface area contributed by atoms with Crippen LogP contribution < -0.4 is 5.32 Å². The zero-order chi connectivity index (χ0) is 10.8. The van der Waals surface area contributed by atoms with Crippen molar-refractivity contribution < 1.29 is 4.79 Å². The summed E-state index contributed by atoms with van der Waals surface area (Å²) in [4.78, 5) is 14.0. The molecule has 2 heterocycles. The second-order valence-electron chi connectivity index (χ2n) is 3.75. The summed E-state index contributed by atoms with van der Waals surface area (Å²) in [5, 5.41) is 3.17. The Bertz CT molecular complexity index is 390. The van der Waals surface area contributed by atoms with E-state index in [0.29, 0.717) is 5.57 Å². The number of allylic oxidation sites excluding steroid dienone is 4. The summed E-state index contributed by atoms with van der Waals surface area (Å²) in [6, 6.07) is 0. The van der Waals surface area contributed by atoms with Gasteiger partial charge in [-0.15, -0.1) is 0 Å². The monoisotopic (exact) mass is 202 g/mol. The Hall–Kier alpha value is -1.61. The van der Waals surface area contributed by atoms with Crippen molar-refractivity contribution in [3.8, 4) is 0 Å². The SMILES string of the molecule is C=C1/C=C\CN(C)C2NC=CC=C2C1=O. The molecular weight excluding hydrogens is 188 g/mol. The average Bonchev–Trinajstić information content (AvgIpc) is 2.26. The molecule has 0 fully saturated rings. The fourth-order valence-electron chi connectivity index (χ4n) is 1.77. The summed E-state index contributed by atoms with van der Waals surface area (Å²) in [5.74, 6) is 0.0136. The Morgan fingerprint density at radius 3 is 3.20 bits per heavy atom. The predicted molar refractivity (Wildman–Crippen MR) is 60.1 cm³/mol. The van der Waals surface area contributed by atoms with Crippen molar-refractivity contribution in [2.75, 3.05) is 13.6 Å². The topological polar surface area (TPSA) is 32.3 Å². The van der Waals surface area contributed by atoms with Crippen molar-refractivity contribution in [2.45, 2.75) is 6.17 Å². The molecule has 1 unspecified atom stereocenters. The van der Waals surface area contributed by atoms with Crippen LogP contribution in [0.2, 0.25) is 0 Å². The lowest BCUT2D eigenvalue weighted by molar-refractivity contribution is -0.112. The molecule has 0 aliphatic carbocycles. The van der Waals surface area contributed by atoms with Gasteiger partial charge in [0, 0.05) is 17.7 Å². The molecule has 2 aliphatic heterocycles. The summed E-state index contributed by atoms with van der Waals surface area (Å²) in [6.45, 7) is 4.57. The van der Waals surface area contributed by atoms with Crippen LogP contribution in [0.4, 0.5) is 0 Å². The number of nitrogens with zero attached hydrogens (tertiary/aromatic N) is 1. The largest absolute Gasteiger partial charge is 0.372 e. The fourth-order valence-corrected chi connectivity index (χ4v) is 1.77. The molecule has 2 rings (SSSR count). The maximum absolute atomic E-state index is 12.0. The minimum Gasteiger partial charge on any atom is -0.372 e. The lowest BCUT2D eigenvalue weighted by Crippen LogP contribution is -2.46. The number of rotatable bonds is 0. The first-order valence-corrected chi connectivity index (χ1v) is 4.93. The Kier molecular flexibility index (Phi) is 2.56. The van der Waals surface area contributed by atoms with E-state index >= 15 is 0 Å². The molecule has 78 valence electrons. The van der Waals surface area contributed by atoms with Crippen molar-refractivity contribution >= 4 is 5.78 Å². The zero-order valence-corrected chi connectivity index (χ0v) is 8.73. The highest BCUT2D eigenvalue weighted by atomic mass is 16.1. The first-order chi connectivity index (χ1) is 7.20. The van der Waals surface area contributed by atoms with Crippen LogP contribution in [0.25, 0.3) is 0 Å². The van der Waals surface area contributed by atoms with Crippen LogP contribution in [0, 0.1) is 0 Å². The van der Waals surface area contributed by atoms with Crippen molar-refractivity contribution in [1.82, 2.24) is 10.2 Å². The average molecular weight is 202 g/mol. The van der Waals surface area contributed by atoms with Crippen LogP contribution in [0.3, 0.4) is 0 Å². The third-order valence-electron chi connectivity index (χ3n) is 2.63. The number of hydrogen-bond donors (Lipinski definition) is 1. The van der Waals surface area contributed by atoms with Gasteiger partial charge in [0.2, 0.25) is 0 Å². The third kappa shape index (κ3) is 1.78. The number of carbonyl (C=O) groups excluding carboxylic acids is 1. The number of Topliss-reactive ketones (excluding diaryl/α,β-unsaturated/α-hetero) is 1. The first-order valence-electron chi connectivity index (χ1n) is 4.93. The molecule has 0 spiro atoms. The lowest BCUT2D eigenvalue weighted by atomic mass is 9.98. The standard InChI is InChI=1S/C12H14N2O/c1-9-5-4-8-14(2)12-10(11(9)15)6-3-7-13-12/h3-7,12-13H,1,8H2,2H3/b5-4-. The summed E-state index contributed by atoms with van der Waals surface area (Å²) in [7, 11) is 1.98. The van der Waals surface area contributed by atoms with E-state index in [1.165, 1.54) is 0 Å². The fraction of sp³-hybridized carbons (Fsp3) is 0.250. The normalized spacial score (nSPS) is 28.6. The minimum atomic E-state index is -0.0378. The molecule has 1 N–H and O–H groups in total. The highest BCUT2D eigenvalue weighted by molar-refractivity contribution is 6.10. The van der Waals surface area contributed by atoms with E-state index in [1.807, 2.05) is 31.5 Å². The maximum Gasteiger partial charge on any atom is 0.191 e.